The lowest BCUT2D eigenvalue weighted by Crippen LogP contribution is -2.35. The average Bonchev–Trinajstić information content (AvgIpc) is 3.22. The first-order chi connectivity index (χ1) is 10.8. The lowest BCUT2D eigenvalue weighted by molar-refractivity contribution is 0.195. The molecule has 1 aliphatic carbocycles. The quantitative estimate of drug-likeness (QED) is 0.601. The van der Waals surface area contributed by atoms with Crippen LogP contribution in [0.5, 0.6) is 0 Å². The average molecular weight is 299 g/mol. The molecule has 0 spiro atoms. The standard InChI is InChI=1S/C18H25N3O/c1-13(20-15-9-10-15)16-7-3-4-8-17-18(21-16)14(12-19-17)6-5-11-22-2/h12-13,15,19-20H,5-11H2,1-2H3. The molecule has 1 aromatic rings. The van der Waals surface area contributed by atoms with E-state index in [0.29, 0.717) is 12.1 Å². The van der Waals surface area contributed by atoms with Crippen molar-refractivity contribution in [1.29, 1.82) is 0 Å². The number of aromatic amines is 1. The Hall–Kier alpha value is -1.57. The Bertz CT molecular complexity index is 602. The Morgan fingerprint density at radius 2 is 2.23 bits per heavy atom. The summed E-state index contributed by atoms with van der Waals surface area (Å²) >= 11 is 0. The Morgan fingerprint density at radius 1 is 1.41 bits per heavy atom. The van der Waals surface area contributed by atoms with Crippen LogP contribution in [0.2, 0.25) is 0 Å². The zero-order chi connectivity index (χ0) is 15.4. The van der Waals surface area contributed by atoms with E-state index in [2.05, 4.69) is 35.3 Å². The van der Waals surface area contributed by atoms with E-state index >= 15 is 0 Å². The van der Waals surface area contributed by atoms with Crippen LogP contribution in [-0.4, -0.2) is 36.5 Å². The second-order valence-electron chi connectivity index (χ2n) is 6.21. The van der Waals surface area contributed by atoms with Crippen molar-refractivity contribution in [3.05, 3.63) is 17.5 Å². The van der Waals surface area contributed by atoms with Crippen molar-refractivity contribution >= 4 is 11.4 Å². The first-order valence-electron chi connectivity index (χ1n) is 8.25. The van der Waals surface area contributed by atoms with Gasteiger partial charge in [0.25, 0.3) is 0 Å². The third-order valence-corrected chi connectivity index (χ3v) is 4.28. The van der Waals surface area contributed by atoms with Gasteiger partial charge in [0, 0.05) is 44.1 Å². The van der Waals surface area contributed by atoms with Crippen molar-refractivity contribution < 1.29 is 4.74 Å². The third-order valence-electron chi connectivity index (χ3n) is 4.28. The van der Waals surface area contributed by atoms with Gasteiger partial charge in [-0.25, -0.2) is 0 Å². The lowest BCUT2D eigenvalue weighted by atomic mass is 10.1. The second-order valence-corrected chi connectivity index (χ2v) is 6.21. The number of nitrogens with one attached hydrogen (secondary N) is 2. The van der Waals surface area contributed by atoms with E-state index in [1.54, 1.807) is 7.11 Å². The summed E-state index contributed by atoms with van der Waals surface area (Å²) in [7, 11) is 1.75. The molecule has 2 heterocycles. The van der Waals surface area contributed by atoms with Gasteiger partial charge < -0.3 is 15.0 Å². The fourth-order valence-corrected chi connectivity index (χ4v) is 2.81. The first kappa shape index (κ1) is 15.3. The highest BCUT2D eigenvalue weighted by Gasteiger charge is 2.25. The number of ether oxygens (including phenoxy) is 1. The summed E-state index contributed by atoms with van der Waals surface area (Å²) in [5.74, 6) is 6.52. The van der Waals surface area contributed by atoms with Crippen LogP contribution in [0.4, 0.5) is 5.69 Å². The van der Waals surface area contributed by atoms with E-state index in [4.69, 9.17) is 9.73 Å². The summed E-state index contributed by atoms with van der Waals surface area (Å²) in [6.45, 7) is 2.99. The van der Waals surface area contributed by atoms with Gasteiger partial charge in [-0.1, -0.05) is 11.8 Å². The van der Waals surface area contributed by atoms with E-state index < -0.39 is 0 Å². The summed E-state index contributed by atoms with van der Waals surface area (Å²) in [6, 6.07) is 0.984. The molecule has 2 aliphatic rings. The second kappa shape index (κ2) is 7.13. The maximum Gasteiger partial charge on any atom is 0.0878 e. The highest BCUT2D eigenvalue weighted by molar-refractivity contribution is 5.94. The summed E-state index contributed by atoms with van der Waals surface area (Å²) in [6.07, 6.45) is 8.22. The smallest absolute Gasteiger partial charge is 0.0878 e. The van der Waals surface area contributed by atoms with Crippen LogP contribution in [0.3, 0.4) is 0 Å². The van der Waals surface area contributed by atoms with Crippen LogP contribution < -0.4 is 5.32 Å². The molecular formula is C18H25N3O. The van der Waals surface area contributed by atoms with E-state index in [9.17, 15) is 0 Å². The zero-order valence-electron chi connectivity index (χ0n) is 13.5. The van der Waals surface area contributed by atoms with Crippen LogP contribution in [0.1, 0.15) is 43.9 Å². The SMILES string of the molecule is COCCCc1c[nH]c2c1N=C(C(C)NC1CC1)CC#CC2. The molecule has 1 aliphatic heterocycles. The summed E-state index contributed by atoms with van der Waals surface area (Å²) in [4.78, 5) is 8.36. The summed E-state index contributed by atoms with van der Waals surface area (Å²) in [5, 5.41) is 3.64. The number of fused-ring (bicyclic) bond motifs is 1. The van der Waals surface area contributed by atoms with Crippen molar-refractivity contribution in [2.75, 3.05) is 13.7 Å². The molecule has 4 heteroatoms. The van der Waals surface area contributed by atoms with Gasteiger partial charge in [-0.15, -0.1) is 0 Å². The van der Waals surface area contributed by atoms with Crippen LogP contribution in [0.25, 0.3) is 0 Å². The molecule has 2 N–H and O–H groups in total. The van der Waals surface area contributed by atoms with Gasteiger partial charge >= 0.3 is 0 Å². The van der Waals surface area contributed by atoms with E-state index in [0.717, 1.165) is 49.4 Å². The molecule has 1 unspecified atom stereocenters. The Labute approximate surface area is 132 Å². The van der Waals surface area contributed by atoms with Crippen LogP contribution in [-0.2, 0) is 17.6 Å². The zero-order valence-corrected chi connectivity index (χ0v) is 13.5. The lowest BCUT2D eigenvalue weighted by Gasteiger charge is -2.16. The van der Waals surface area contributed by atoms with Crippen molar-refractivity contribution in [2.45, 2.75) is 57.5 Å². The Balaban J connectivity index is 1.80. The van der Waals surface area contributed by atoms with E-state index in [1.807, 2.05) is 0 Å². The molecule has 1 atom stereocenters. The summed E-state index contributed by atoms with van der Waals surface area (Å²) < 4.78 is 5.16. The van der Waals surface area contributed by atoms with E-state index in [-0.39, 0.29) is 0 Å². The molecule has 118 valence electrons. The van der Waals surface area contributed by atoms with Crippen molar-refractivity contribution in [2.24, 2.45) is 4.99 Å². The molecule has 3 rings (SSSR count). The van der Waals surface area contributed by atoms with E-state index in [1.165, 1.54) is 18.4 Å². The molecule has 0 aromatic carbocycles. The van der Waals surface area contributed by atoms with Gasteiger partial charge in [0.2, 0.25) is 0 Å². The van der Waals surface area contributed by atoms with Gasteiger partial charge in [-0.2, -0.15) is 0 Å². The molecule has 1 aromatic heterocycles. The number of aryl methyl sites for hydroxylation is 1. The Kier molecular flexibility index (Phi) is 4.97. The molecule has 0 saturated heterocycles. The number of methoxy groups -OCH3 is 1. The fraction of sp³-hybridized carbons (Fsp3) is 0.611. The monoisotopic (exact) mass is 299 g/mol. The molecule has 1 saturated carbocycles. The predicted octanol–water partition coefficient (Wildman–Crippen LogP) is 2.76. The van der Waals surface area contributed by atoms with Gasteiger partial charge in [0.05, 0.1) is 17.8 Å². The minimum absolute atomic E-state index is 0.300. The maximum absolute atomic E-state index is 5.16. The molecule has 0 amide bonds. The maximum atomic E-state index is 5.16. The van der Waals surface area contributed by atoms with Crippen LogP contribution >= 0.6 is 0 Å². The molecule has 4 nitrogen and oxygen atoms in total. The number of hydrogen-bond acceptors (Lipinski definition) is 3. The molecule has 0 radical (unpaired) electrons. The number of hydrogen-bond donors (Lipinski definition) is 2. The van der Waals surface area contributed by atoms with Gasteiger partial charge in [0.1, 0.15) is 0 Å². The number of H-pyrrole nitrogens is 1. The fourth-order valence-electron chi connectivity index (χ4n) is 2.81. The number of rotatable bonds is 7. The predicted molar refractivity (Wildman–Crippen MR) is 89.8 cm³/mol. The number of aliphatic imine (C=N–C) groups is 1. The minimum atomic E-state index is 0.300. The largest absolute Gasteiger partial charge is 0.385 e. The highest BCUT2D eigenvalue weighted by atomic mass is 16.5. The molecule has 22 heavy (non-hydrogen) atoms. The third kappa shape index (κ3) is 3.79. The topological polar surface area (TPSA) is 49.4 Å². The Morgan fingerprint density at radius 3 is 3.00 bits per heavy atom. The van der Waals surface area contributed by atoms with Crippen molar-refractivity contribution in [3.63, 3.8) is 0 Å². The summed E-state index contributed by atoms with van der Waals surface area (Å²) in [5.41, 5.74) is 4.71. The van der Waals surface area contributed by atoms with Crippen LogP contribution in [0.15, 0.2) is 11.2 Å². The van der Waals surface area contributed by atoms with Crippen LogP contribution in [0, 0.1) is 11.8 Å². The van der Waals surface area contributed by atoms with Crippen molar-refractivity contribution in [1.82, 2.24) is 10.3 Å². The van der Waals surface area contributed by atoms with Crippen molar-refractivity contribution in [3.8, 4) is 11.8 Å². The first-order valence-corrected chi connectivity index (χ1v) is 8.25. The highest BCUT2D eigenvalue weighted by Crippen LogP contribution is 2.28. The number of aromatic nitrogens is 1. The normalized spacial score (nSPS) is 18.5. The molecular weight excluding hydrogens is 274 g/mol. The number of nitrogens with zero attached hydrogens (tertiary/aromatic N) is 1. The molecule has 0 bridgehead atoms. The minimum Gasteiger partial charge on any atom is -0.385 e. The van der Waals surface area contributed by atoms with Gasteiger partial charge in [-0.3, -0.25) is 4.99 Å². The van der Waals surface area contributed by atoms with Gasteiger partial charge in [0.15, 0.2) is 0 Å². The van der Waals surface area contributed by atoms with Gasteiger partial charge in [-0.05, 0) is 38.2 Å². The molecule has 1 fully saturated rings.